The standard InChI is InChI=1S/C59H106O6/c1-4-7-10-13-16-19-22-25-28-29-30-32-34-37-40-43-46-49-52-58(61)64-55-56(54-63-57(60)51-48-45-42-39-36-33-27-24-21-18-15-12-9-6-3)65-59(62)53-50-47-44-41-38-35-31-26-23-20-17-14-11-8-5-2/h17,20,24,26-27,31,38,41,56H,4-16,18-19,21-23,25,28-30,32-37,39-40,42-55H2,1-3H3/b20-17-,27-24-,31-26-,41-38-/t56-/m1/s1. The van der Waals surface area contributed by atoms with Crippen molar-refractivity contribution in [1.82, 2.24) is 0 Å². The Morgan fingerprint density at radius 3 is 0.938 bits per heavy atom. The number of unbranched alkanes of at least 4 members (excludes halogenated alkanes) is 32. The molecule has 0 unspecified atom stereocenters. The van der Waals surface area contributed by atoms with Crippen LogP contribution in [0.2, 0.25) is 0 Å². The Balaban J connectivity index is 4.39. The molecule has 0 amide bonds. The highest BCUT2D eigenvalue weighted by Crippen LogP contribution is 2.16. The van der Waals surface area contributed by atoms with Crippen LogP contribution in [0.5, 0.6) is 0 Å². The zero-order chi connectivity index (χ0) is 47.2. The van der Waals surface area contributed by atoms with E-state index in [2.05, 4.69) is 69.4 Å². The van der Waals surface area contributed by atoms with Gasteiger partial charge in [-0.15, -0.1) is 0 Å². The molecule has 65 heavy (non-hydrogen) atoms. The molecule has 0 aliphatic carbocycles. The summed E-state index contributed by atoms with van der Waals surface area (Å²) < 4.78 is 16.8. The third kappa shape index (κ3) is 52.2. The molecule has 0 saturated carbocycles. The van der Waals surface area contributed by atoms with Crippen LogP contribution in [0.4, 0.5) is 0 Å². The number of carbonyl (C=O) groups is 3. The predicted octanol–water partition coefficient (Wildman–Crippen LogP) is 18.7. The zero-order valence-corrected chi connectivity index (χ0v) is 43.3. The Hall–Kier alpha value is -2.63. The van der Waals surface area contributed by atoms with E-state index in [4.69, 9.17) is 14.2 Å². The van der Waals surface area contributed by atoms with E-state index in [9.17, 15) is 14.4 Å². The van der Waals surface area contributed by atoms with Gasteiger partial charge < -0.3 is 14.2 Å². The van der Waals surface area contributed by atoms with Crippen molar-refractivity contribution in [3.05, 3.63) is 48.6 Å². The fraction of sp³-hybridized carbons (Fsp3) is 0.814. The van der Waals surface area contributed by atoms with Gasteiger partial charge in [-0.25, -0.2) is 0 Å². The van der Waals surface area contributed by atoms with Crippen LogP contribution in [0.1, 0.15) is 290 Å². The van der Waals surface area contributed by atoms with E-state index < -0.39 is 6.10 Å². The molecule has 0 rings (SSSR count). The van der Waals surface area contributed by atoms with E-state index in [-0.39, 0.29) is 37.5 Å². The molecule has 378 valence electrons. The highest BCUT2D eigenvalue weighted by Gasteiger charge is 2.19. The first-order valence-corrected chi connectivity index (χ1v) is 28.1. The molecule has 0 aromatic carbocycles. The maximum absolute atomic E-state index is 12.8. The first-order chi connectivity index (χ1) is 32.0. The van der Waals surface area contributed by atoms with Crippen LogP contribution >= 0.6 is 0 Å². The summed E-state index contributed by atoms with van der Waals surface area (Å²) >= 11 is 0. The van der Waals surface area contributed by atoms with Crippen LogP contribution in [-0.2, 0) is 28.6 Å². The quantitative estimate of drug-likeness (QED) is 0.0262. The Labute approximate surface area is 403 Å². The lowest BCUT2D eigenvalue weighted by molar-refractivity contribution is -0.167. The smallest absolute Gasteiger partial charge is 0.306 e. The number of hydrogen-bond donors (Lipinski definition) is 0. The van der Waals surface area contributed by atoms with Crippen molar-refractivity contribution in [3.8, 4) is 0 Å². The maximum atomic E-state index is 12.8. The van der Waals surface area contributed by atoms with Crippen molar-refractivity contribution < 1.29 is 28.6 Å². The van der Waals surface area contributed by atoms with Crippen molar-refractivity contribution >= 4 is 17.9 Å². The van der Waals surface area contributed by atoms with Gasteiger partial charge in [-0.1, -0.05) is 236 Å². The van der Waals surface area contributed by atoms with Crippen LogP contribution in [-0.4, -0.2) is 37.2 Å². The Morgan fingerprint density at radius 1 is 0.308 bits per heavy atom. The third-order valence-corrected chi connectivity index (χ3v) is 12.3. The Bertz CT molecular complexity index is 1140. The molecule has 0 aromatic rings. The van der Waals surface area contributed by atoms with E-state index in [1.807, 2.05) is 0 Å². The Kier molecular flexibility index (Phi) is 51.8. The number of esters is 3. The van der Waals surface area contributed by atoms with Crippen LogP contribution in [0.15, 0.2) is 48.6 Å². The summed E-state index contributed by atoms with van der Waals surface area (Å²) in [7, 11) is 0. The molecule has 0 heterocycles. The second kappa shape index (κ2) is 54.0. The summed E-state index contributed by atoms with van der Waals surface area (Å²) in [5, 5.41) is 0. The van der Waals surface area contributed by atoms with Crippen molar-refractivity contribution in [2.75, 3.05) is 13.2 Å². The first kappa shape index (κ1) is 62.4. The largest absolute Gasteiger partial charge is 0.462 e. The molecule has 0 aromatic heterocycles. The number of hydrogen-bond acceptors (Lipinski definition) is 6. The van der Waals surface area contributed by atoms with Crippen LogP contribution in [0.25, 0.3) is 0 Å². The van der Waals surface area contributed by atoms with E-state index in [1.54, 1.807) is 0 Å². The van der Waals surface area contributed by atoms with Gasteiger partial charge in [0.15, 0.2) is 6.10 Å². The molecule has 1 atom stereocenters. The lowest BCUT2D eigenvalue weighted by Gasteiger charge is -2.18. The second-order valence-electron chi connectivity index (χ2n) is 18.8. The van der Waals surface area contributed by atoms with E-state index in [0.717, 1.165) is 70.6 Å². The normalized spacial score (nSPS) is 12.4. The van der Waals surface area contributed by atoms with Gasteiger partial charge in [0, 0.05) is 19.3 Å². The molecular weight excluding hydrogens is 805 g/mol. The number of rotatable bonds is 51. The minimum atomic E-state index is -0.794. The Morgan fingerprint density at radius 2 is 0.554 bits per heavy atom. The van der Waals surface area contributed by atoms with Gasteiger partial charge in [0.2, 0.25) is 0 Å². The predicted molar refractivity (Wildman–Crippen MR) is 279 cm³/mol. The molecule has 6 heteroatoms. The number of allylic oxidation sites excluding steroid dienone is 8. The van der Waals surface area contributed by atoms with Crippen molar-refractivity contribution in [3.63, 3.8) is 0 Å². The van der Waals surface area contributed by atoms with Gasteiger partial charge in [0.05, 0.1) is 0 Å². The maximum Gasteiger partial charge on any atom is 0.306 e. The summed E-state index contributed by atoms with van der Waals surface area (Å²) in [6.07, 6.45) is 65.3. The summed E-state index contributed by atoms with van der Waals surface area (Å²) in [5.41, 5.74) is 0. The number of carbonyl (C=O) groups excluding carboxylic acids is 3. The highest BCUT2D eigenvalue weighted by atomic mass is 16.6. The molecule has 0 spiro atoms. The first-order valence-electron chi connectivity index (χ1n) is 28.1. The van der Waals surface area contributed by atoms with Gasteiger partial charge >= 0.3 is 17.9 Å². The summed E-state index contributed by atoms with van der Waals surface area (Å²) in [4.78, 5) is 38.1. The van der Waals surface area contributed by atoms with Crippen LogP contribution in [0, 0.1) is 0 Å². The molecule has 0 N–H and O–H groups in total. The van der Waals surface area contributed by atoms with Crippen molar-refractivity contribution in [2.45, 2.75) is 297 Å². The fourth-order valence-corrected chi connectivity index (χ4v) is 8.03. The SMILES string of the molecule is CCCCC/C=C\C/C=C\C/C=C\CCCCC(=O)O[C@H](COC(=O)CCCCCCC/C=C\CCCCCCC)COC(=O)CCCCCCCCCCCCCCCCCCCC. The summed E-state index contributed by atoms with van der Waals surface area (Å²) in [5.74, 6) is -0.923. The average Bonchev–Trinajstić information content (AvgIpc) is 3.30. The van der Waals surface area contributed by atoms with Gasteiger partial charge in [-0.3, -0.25) is 14.4 Å². The van der Waals surface area contributed by atoms with Crippen molar-refractivity contribution in [2.24, 2.45) is 0 Å². The molecule has 0 fully saturated rings. The topological polar surface area (TPSA) is 78.9 Å². The van der Waals surface area contributed by atoms with E-state index in [1.165, 1.54) is 173 Å². The van der Waals surface area contributed by atoms with Gasteiger partial charge in [0.25, 0.3) is 0 Å². The number of ether oxygens (including phenoxy) is 3. The van der Waals surface area contributed by atoms with Gasteiger partial charge in [0.1, 0.15) is 13.2 Å². The molecule has 0 radical (unpaired) electrons. The van der Waals surface area contributed by atoms with Crippen LogP contribution < -0.4 is 0 Å². The molecular formula is C59H106O6. The average molecular weight is 911 g/mol. The monoisotopic (exact) mass is 911 g/mol. The molecule has 6 nitrogen and oxygen atoms in total. The van der Waals surface area contributed by atoms with E-state index in [0.29, 0.717) is 19.3 Å². The molecule has 0 bridgehead atoms. The summed E-state index contributed by atoms with van der Waals surface area (Å²) in [6.45, 7) is 6.59. The summed E-state index contributed by atoms with van der Waals surface area (Å²) in [6, 6.07) is 0. The molecule has 0 aliphatic rings. The van der Waals surface area contributed by atoms with Gasteiger partial charge in [-0.05, 0) is 83.5 Å². The fourth-order valence-electron chi connectivity index (χ4n) is 8.03. The third-order valence-electron chi connectivity index (χ3n) is 12.3. The van der Waals surface area contributed by atoms with Gasteiger partial charge in [-0.2, -0.15) is 0 Å². The van der Waals surface area contributed by atoms with Crippen molar-refractivity contribution in [1.29, 1.82) is 0 Å². The van der Waals surface area contributed by atoms with Crippen LogP contribution in [0.3, 0.4) is 0 Å². The minimum absolute atomic E-state index is 0.0882. The second-order valence-corrected chi connectivity index (χ2v) is 18.8. The lowest BCUT2D eigenvalue weighted by Crippen LogP contribution is -2.30. The highest BCUT2D eigenvalue weighted by molar-refractivity contribution is 5.71. The van der Waals surface area contributed by atoms with E-state index >= 15 is 0 Å². The zero-order valence-electron chi connectivity index (χ0n) is 43.3. The molecule has 0 aliphatic heterocycles. The lowest BCUT2D eigenvalue weighted by atomic mass is 10.0. The minimum Gasteiger partial charge on any atom is -0.462 e. The molecule has 0 saturated heterocycles.